The summed E-state index contributed by atoms with van der Waals surface area (Å²) in [6.45, 7) is 4.37. The standard InChI is InChI=1S/C11H23N3O/c1-10(12)9-13(2)11(15)14-7-5-3-4-6-8-14/h10H,3-9,12H2,1-2H3. The fourth-order valence-electron chi connectivity index (χ4n) is 2.01. The number of rotatable bonds is 2. The highest BCUT2D eigenvalue weighted by Crippen LogP contribution is 2.11. The van der Waals surface area contributed by atoms with Crippen molar-refractivity contribution in [3.8, 4) is 0 Å². The number of amides is 2. The fraction of sp³-hybridized carbons (Fsp3) is 0.909. The summed E-state index contributed by atoms with van der Waals surface area (Å²) in [5, 5.41) is 0. The lowest BCUT2D eigenvalue weighted by Crippen LogP contribution is -2.45. The van der Waals surface area contributed by atoms with Crippen molar-refractivity contribution < 1.29 is 4.79 Å². The Balaban J connectivity index is 2.42. The van der Waals surface area contributed by atoms with Crippen LogP contribution < -0.4 is 5.73 Å². The summed E-state index contributed by atoms with van der Waals surface area (Å²) in [6.07, 6.45) is 4.77. The van der Waals surface area contributed by atoms with E-state index in [4.69, 9.17) is 5.73 Å². The quantitative estimate of drug-likeness (QED) is 0.750. The zero-order valence-corrected chi connectivity index (χ0v) is 9.91. The molecule has 0 aliphatic carbocycles. The van der Waals surface area contributed by atoms with E-state index in [1.165, 1.54) is 12.8 Å². The van der Waals surface area contributed by atoms with Crippen molar-refractivity contribution in [1.29, 1.82) is 0 Å². The summed E-state index contributed by atoms with van der Waals surface area (Å²) in [5.74, 6) is 0. The van der Waals surface area contributed by atoms with Gasteiger partial charge in [-0.3, -0.25) is 0 Å². The third kappa shape index (κ3) is 4.08. The van der Waals surface area contributed by atoms with Crippen LogP contribution in [0.5, 0.6) is 0 Å². The van der Waals surface area contributed by atoms with Crippen LogP contribution in [0.3, 0.4) is 0 Å². The molecule has 1 aliphatic rings. The Morgan fingerprint density at radius 1 is 1.33 bits per heavy atom. The van der Waals surface area contributed by atoms with E-state index in [1.807, 2.05) is 18.9 Å². The summed E-state index contributed by atoms with van der Waals surface area (Å²) in [7, 11) is 1.83. The van der Waals surface area contributed by atoms with Crippen LogP contribution in [-0.2, 0) is 0 Å². The van der Waals surface area contributed by atoms with E-state index < -0.39 is 0 Å². The number of hydrogen-bond acceptors (Lipinski definition) is 2. The second-order valence-electron chi connectivity index (χ2n) is 4.54. The van der Waals surface area contributed by atoms with E-state index in [1.54, 1.807) is 4.90 Å². The maximum Gasteiger partial charge on any atom is 0.319 e. The van der Waals surface area contributed by atoms with Gasteiger partial charge in [-0.05, 0) is 19.8 Å². The van der Waals surface area contributed by atoms with Crippen molar-refractivity contribution in [2.45, 2.75) is 38.6 Å². The minimum absolute atomic E-state index is 0.0472. The summed E-state index contributed by atoms with van der Waals surface area (Å²) < 4.78 is 0. The van der Waals surface area contributed by atoms with Crippen molar-refractivity contribution in [2.24, 2.45) is 5.73 Å². The molecule has 0 spiro atoms. The van der Waals surface area contributed by atoms with Gasteiger partial charge in [0.15, 0.2) is 0 Å². The number of nitrogens with zero attached hydrogens (tertiary/aromatic N) is 2. The van der Waals surface area contributed by atoms with Crippen molar-refractivity contribution in [3.63, 3.8) is 0 Å². The van der Waals surface area contributed by atoms with E-state index in [-0.39, 0.29) is 12.1 Å². The van der Waals surface area contributed by atoms with Gasteiger partial charge in [0.05, 0.1) is 0 Å². The number of urea groups is 1. The van der Waals surface area contributed by atoms with E-state index in [0.717, 1.165) is 25.9 Å². The molecule has 1 rings (SSSR count). The van der Waals surface area contributed by atoms with Gasteiger partial charge >= 0.3 is 6.03 Å². The summed E-state index contributed by atoms with van der Waals surface area (Å²) in [4.78, 5) is 15.7. The van der Waals surface area contributed by atoms with Crippen molar-refractivity contribution in [1.82, 2.24) is 9.80 Å². The van der Waals surface area contributed by atoms with Crippen LogP contribution in [0, 0.1) is 0 Å². The Morgan fingerprint density at radius 3 is 2.33 bits per heavy atom. The van der Waals surface area contributed by atoms with Crippen LogP contribution in [-0.4, -0.2) is 48.6 Å². The highest BCUT2D eigenvalue weighted by Gasteiger charge is 2.19. The topological polar surface area (TPSA) is 49.6 Å². The summed E-state index contributed by atoms with van der Waals surface area (Å²) in [6, 6.07) is 0.181. The molecule has 4 nitrogen and oxygen atoms in total. The first kappa shape index (κ1) is 12.3. The molecule has 88 valence electrons. The Labute approximate surface area is 92.4 Å². The Bertz CT molecular complexity index is 198. The molecule has 2 N–H and O–H groups in total. The average molecular weight is 213 g/mol. The number of likely N-dealkylation sites (tertiary alicyclic amines) is 1. The van der Waals surface area contributed by atoms with Crippen LogP contribution in [0.25, 0.3) is 0 Å². The number of likely N-dealkylation sites (N-methyl/N-ethyl adjacent to an activating group) is 1. The second kappa shape index (κ2) is 5.95. The molecule has 1 saturated heterocycles. The molecule has 1 fully saturated rings. The molecule has 2 amide bonds. The molecule has 4 heteroatoms. The molecular weight excluding hydrogens is 190 g/mol. The van der Waals surface area contributed by atoms with Crippen molar-refractivity contribution >= 4 is 6.03 Å². The maximum atomic E-state index is 12.0. The van der Waals surface area contributed by atoms with Gasteiger partial charge in [0, 0.05) is 32.7 Å². The lowest BCUT2D eigenvalue weighted by atomic mass is 10.2. The molecule has 0 aromatic carbocycles. The third-order valence-electron chi connectivity index (χ3n) is 2.76. The van der Waals surface area contributed by atoms with Gasteiger partial charge < -0.3 is 15.5 Å². The van der Waals surface area contributed by atoms with Gasteiger partial charge in [0.2, 0.25) is 0 Å². The predicted octanol–water partition coefficient (Wildman–Crippen LogP) is 1.26. The minimum atomic E-state index is 0.0472. The third-order valence-corrected chi connectivity index (χ3v) is 2.76. The van der Waals surface area contributed by atoms with Gasteiger partial charge in [-0.15, -0.1) is 0 Å². The summed E-state index contributed by atoms with van der Waals surface area (Å²) >= 11 is 0. The zero-order valence-electron chi connectivity index (χ0n) is 9.91. The zero-order chi connectivity index (χ0) is 11.3. The molecule has 1 atom stereocenters. The molecule has 0 saturated carbocycles. The van der Waals surface area contributed by atoms with Crippen LogP contribution in [0.15, 0.2) is 0 Å². The van der Waals surface area contributed by atoms with E-state index >= 15 is 0 Å². The fourth-order valence-corrected chi connectivity index (χ4v) is 2.01. The van der Waals surface area contributed by atoms with Gasteiger partial charge in [-0.25, -0.2) is 4.79 Å². The molecule has 0 radical (unpaired) electrons. The first-order valence-electron chi connectivity index (χ1n) is 5.87. The Morgan fingerprint density at radius 2 is 1.87 bits per heavy atom. The van der Waals surface area contributed by atoms with Crippen LogP contribution in [0.1, 0.15) is 32.6 Å². The number of nitrogens with two attached hydrogens (primary N) is 1. The second-order valence-corrected chi connectivity index (χ2v) is 4.54. The lowest BCUT2D eigenvalue weighted by Gasteiger charge is -2.28. The lowest BCUT2D eigenvalue weighted by molar-refractivity contribution is 0.162. The predicted molar refractivity (Wildman–Crippen MR) is 61.7 cm³/mol. The molecule has 1 unspecified atom stereocenters. The smallest absolute Gasteiger partial charge is 0.319 e. The van der Waals surface area contributed by atoms with Crippen molar-refractivity contribution in [3.05, 3.63) is 0 Å². The van der Waals surface area contributed by atoms with E-state index in [0.29, 0.717) is 6.54 Å². The minimum Gasteiger partial charge on any atom is -0.326 e. The molecular formula is C11H23N3O. The van der Waals surface area contributed by atoms with Gasteiger partial charge in [-0.2, -0.15) is 0 Å². The number of hydrogen-bond donors (Lipinski definition) is 1. The highest BCUT2D eigenvalue weighted by atomic mass is 16.2. The van der Waals surface area contributed by atoms with Crippen LogP contribution >= 0.6 is 0 Å². The molecule has 1 aliphatic heterocycles. The van der Waals surface area contributed by atoms with Crippen LogP contribution in [0.2, 0.25) is 0 Å². The van der Waals surface area contributed by atoms with Gasteiger partial charge in [0.1, 0.15) is 0 Å². The average Bonchev–Trinajstić information content (AvgIpc) is 2.43. The molecule has 0 bridgehead atoms. The number of carbonyl (C=O) groups excluding carboxylic acids is 1. The largest absolute Gasteiger partial charge is 0.326 e. The van der Waals surface area contributed by atoms with Crippen LogP contribution in [0.4, 0.5) is 4.79 Å². The monoisotopic (exact) mass is 213 g/mol. The molecule has 1 heterocycles. The van der Waals surface area contributed by atoms with E-state index in [2.05, 4.69) is 0 Å². The maximum absolute atomic E-state index is 12.0. The van der Waals surface area contributed by atoms with Gasteiger partial charge in [-0.1, -0.05) is 12.8 Å². The SMILES string of the molecule is CC(N)CN(C)C(=O)N1CCCCCC1. The first-order chi connectivity index (χ1) is 7.11. The first-order valence-corrected chi connectivity index (χ1v) is 5.87. The van der Waals surface area contributed by atoms with Crippen molar-refractivity contribution in [2.75, 3.05) is 26.7 Å². The molecule has 0 aromatic rings. The van der Waals surface area contributed by atoms with Gasteiger partial charge in [0.25, 0.3) is 0 Å². The molecule has 0 aromatic heterocycles. The Hall–Kier alpha value is -0.770. The number of carbonyl (C=O) groups is 1. The Kier molecular flexibility index (Phi) is 4.88. The van der Waals surface area contributed by atoms with E-state index in [9.17, 15) is 4.79 Å². The molecule has 15 heavy (non-hydrogen) atoms. The summed E-state index contributed by atoms with van der Waals surface area (Å²) in [5.41, 5.74) is 5.68. The normalized spacial score (nSPS) is 19.5. The highest BCUT2D eigenvalue weighted by molar-refractivity contribution is 5.74.